The van der Waals surface area contributed by atoms with Crippen LogP contribution in [0.25, 0.3) is 0 Å². The lowest BCUT2D eigenvalue weighted by molar-refractivity contribution is 0.189. The third kappa shape index (κ3) is 11.9. The summed E-state index contributed by atoms with van der Waals surface area (Å²) in [4.78, 5) is 0. The van der Waals surface area contributed by atoms with Crippen LogP contribution in [0.4, 0.5) is 0 Å². The Morgan fingerprint density at radius 3 is 0.718 bits per heavy atom. The lowest BCUT2D eigenvalue weighted by atomic mass is 10.4. The van der Waals surface area contributed by atoms with Gasteiger partial charge in [0.25, 0.3) is 0 Å². The molecule has 0 unspecified atom stereocenters. The van der Waals surface area contributed by atoms with Crippen molar-refractivity contribution in [2.75, 3.05) is 0 Å². The van der Waals surface area contributed by atoms with E-state index in [0.29, 0.717) is 0 Å². The minimum Gasteiger partial charge on any atom is -0.437 e. The van der Waals surface area contributed by atoms with Crippen molar-refractivity contribution in [3.05, 3.63) is 243 Å². The molecule has 7 nitrogen and oxygen atoms in total. The zero-order chi connectivity index (χ0) is 50.0. The topological polar surface area (TPSA) is 64.6 Å². The molecule has 0 saturated heterocycles. The summed E-state index contributed by atoms with van der Waals surface area (Å²) in [5.41, 5.74) is 0. The molecule has 0 N–H and O–H groups in total. The molecule has 8 aromatic carbocycles. The minimum atomic E-state index is -4.28. The number of benzene rings is 8. The first-order valence-electron chi connectivity index (χ1n) is 24.3. The zero-order valence-corrected chi connectivity index (χ0v) is 49.0. The molecular weight excluding hydrogens is 993 g/mol. The van der Waals surface area contributed by atoms with Gasteiger partial charge in [0.15, 0.2) is 9.04 Å². The van der Waals surface area contributed by atoms with E-state index >= 15 is 0 Å². The van der Waals surface area contributed by atoms with Gasteiger partial charge in [-0.1, -0.05) is 243 Å². The van der Waals surface area contributed by atoms with Gasteiger partial charge in [-0.3, -0.25) is 0 Å². The van der Waals surface area contributed by atoms with Gasteiger partial charge in [0.05, 0.1) is 0 Å². The molecule has 0 atom stereocenters. The summed E-state index contributed by atoms with van der Waals surface area (Å²) in [5, 5.41) is 7.36. The van der Waals surface area contributed by atoms with Crippen LogP contribution in [0.3, 0.4) is 0 Å². The van der Waals surface area contributed by atoms with Gasteiger partial charge in [0, 0.05) is 6.10 Å². The van der Waals surface area contributed by atoms with E-state index in [1.165, 1.54) is 0 Å². The van der Waals surface area contributed by atoms with Gasteiger partial charge in [-0.15, -0.1) is 0 Å². The van der Waals surface area contributed by atoms with E-state index in [1.807, 2.05) is 48.5 Å². The molecule has 0 heterocycles. The van der Waals surface area contributed by atoms with Crippen molar-refractivity contribution in [1.82, 2.24) is 0 Å². The van der Waals surface area contributed by atoms with E-state index in [1.54, 1.807) is 0 Å². The fraction of sp³-hybridized carbons (Fsp3) is 0.158. The predicted octanol–water partition coefficient (Wildman–Crippen LogP) is 8.19. The Morgan fingerprint density at radius 1 is 0.282 bits per heavy atom. The van der Waals surface area contributed by atoms with Gasteiger partial charge < -0.3 is 29.1 Å². The Morgan fingerprint density at radius 2 is 0.493 bits per heavy atom. The predicted molar refractivity (Wildman–Crippen MR) is 307 cm³/mol. The first-order chi connectivity index (χ1) is 34.2. The van der Waals surface area contributed by atoms with Crippen molar-refractivity contribution < 1.29 is 29.1 Å². The quantitative estimate of drug-likeness (QED) is 0.0635. The molecular formula is C57H65O7Si7. The molecule has 8 aromatic rings. The Labute approximate surface area is 430 Å². The average molecular weight is 1060 g/mol. The van der Waals surface area contributed by atoms with Crippen molar-refractivity contribution in [1.29, 1.82) is 0 Å². The second-order valence-corrected chi connectivity index (χ2v) is 41.0. The van der Waals surface area contributed by atoms with E-state index in [0.717, 1.165) is 41.5 Å². The number of rotatable bonds is 22. The first kappa shape index (κ1) is 52.3. The molecule has 363 valence electrons. The van der Waals surface area contributed by atoms with Crippen LogP contribution in [-0.2, 0) is 29.1 Å². The Kier molecular flexibility index (Phi) is 16.8. The Balaban J connectivity index is 1.52. The summed E-state index contributed by atoms with van der Waals surface area (Å²) in [6, 6.07) is 83.9. The van der Waals surface area contributed by atoms with E-state index in [2.05, 4.69) is 247 Å². The summed E-state index contributed by atoms with van der Waals surface area (Å²) in [6.45, 7) is 17.0. The van der Waals surface area contributed by atoms with Gasteiger partial charge >= 0.3 is 51.4 Å². The normalized spacial score (nSPS) is 12.9. The molecule has 14 heteroatoms. The van der Waals surface area contributed by atoms with E-state index in [4.69, 9.17) is 29.1 Å². The summed E-state index contributed by atoms with van der Waals surface area (Å²) in [6.07, 6.45) is -0.229. The highest BCUT2D eigenvalue weighted by Crippen LogP contribution is 2.30. The molecule has 0 amide bonds. The van der Waals surface area contributed by atoms with Crippen molar-refractivity contribution in [3.63, 3.8) is 0 Å². The van der Waals surface area contributed by atoms with Crippen LogP contribution in [0.1, 0.15) is 13.8 Å². The van der Waals surface area contributed by atoms with E-state index in [-0.39, 0.29) is 6.10 Å². The lowest BCUT2D eigenvalue weighted by Crippen LogP contribution is -2.83. The fourth-order valence-electron chi connectivity index (χ4n) is 9.39. The van der Waals surface area contributed by atoms with Crippen LogP contribution < -0.4 is 41.5 Å². The first-order valence-corrected chi connectivity index (χ1v) is 39.6. The maximum absolute atomic E-state index is 8.82. The molecule has 0 aliphatic heterocycles. The lowest BCUT2D eigenvalue weighted by Gasteiger charge is -2.49. The smallest absolute Gasteiger partial charge is 0.398 e. The summed E-state index contributed by atoms with van der Waals surface area (Å²) in [5.74, 6) is 0. The maximum Gasteiger partial charge on any atom is 0.398 e. The van der Waals surface area contributed by atoms with Crippen LogP contribution in [0.15, 0.2) is 243 Å². The Bertz CT molecular complexity index is 2700. The largest absolute Gasteiger partial charge is 0.437 e. The zero-order valence-electron chi connectivity index (χ0n) is 42.0. The average Bonchev–Trinajstić information content (AvgIpc) is 3.39. The minimum absolute atomic E-state index is 0.229. The SMILES string of the molecule is CC(C)O[Si](O[Si](O[Si](O[Si](O[Si](C)(C)O[Si](C)(C)O[Si](C)C)(c1ccccc1)c1ccccc1)(c1ccccc1)c1ccccc1)(c1ccccc1)c1ccccc1)(c1ccccc1)c1ccccc1. The van der Waals surface area contributed by atoms with Crippen molar-refractivity contribution >= 4 is 102 Å². The molecule has 0 aliphatic rings. The third-order valence-electron chi connectivity index (χ3n) is 11.8. The van der Waals surface area contributed by atoms with Crippen LogP contribution in [0.5, 0.6) is 0 Å². The highest BCUT2D eigenvalue weighted by atomic mass is 28.5. The standard InChI is InChI=1S/C57H65O7Si7/c1-49(2)58-68(50-33-17-9-18-34-50,51-35-19-10-20-36-51)62-70(54-41-25-13-26-42-54,55-43-27-14-28-44-55)64-71(56-45-29-15-30-46-56,57-47-31-16-32-48-57)63-69(52-37-21-11-22-38-52,53-39-23-12-24-40-53)61-67(7,8)60-66(5,6)59-65(3)4/h9-49H,1-8H3. The monoisotopic (exact) mass is 1060 g/mol. The fourth-order valence-corrected chi connectivity index (χ4v) is 42.5. The summed E-state index contributed by atoms with van der Waals surface area (Å²) < 4.78 is 55.6. The maximum atomic E-state index is 8.82. The molecule has 0 spiro atoms. The molecule has 0 saturated carbocycles. The summed E-state index contributed by atoms with van der Waals surface area (Å²) >= 11 is 0. The van der Waals surface area contributed by atoms with Crippen molar-refractivity contribution in [3.8, 4) is 0 Å². The number of hydrogen-bond donors (Lipinski definition) is 0. The van der Waals surface area contributed by atoms with Crippen LogP contribution in [-0.4, -0.2) is 66.5 Å². The van der Waals surface area contributed by atoms with Crippen LogP contribution >= 0.6 is 0 Å². The highest BCUT2D eigenvalue weighted by Gasteiger charge is 2.64. The Hall–Kier alpha value is -5.00. The van der Waals surface area contributed by atoms with Gasteiger partial charge in [-0.2, -0.15) is 0 Å². The van der Waals surface area contributed by atoms with Gasteiger partial charge in [-0.25, -0.2) is 0 Å². The molecule has 8 rings (SSSR count). The third-order valence-corrected chi connectivity index (χ3v) is 38.9. The molecule has 1 radical (unpaired) electrons. The molecule has 0 aliphatic carbocycles. The second-order valence-electron chi connectivity index (χ2n) is 18.9. The van der Waals surface area contributed by atoms with Crippen molar-refractivity contribution in [2.45, 2.75) is 59.2 Å². The van der Waals surface area contributed by atoms with Gasteiger partial charge in [0.2, 0.25) is 0 Å². The summed E-state index contributed by atoms with van der Waals surface area (Å²) in [7, 11) is -23.4. The van der Waals surface area contributed by atoms with Gasteiger partial charge in [-0.05, 0) is 94.6 Å². The molecule has 0 fully saturated rings. The van der Waals surface area contributed by atoms with Crippen LogP contribution in [0.2, 0.25) is 39.3 Å². The highest BCUT2D eigenvalue weighted by molar-refractivity contribution is 7.12. The van der Waals surface area contributed by atoms with Crippen LogP contribution in [0, 0.1) is 0 Å². The molecule has 0 bridgehead atoms. The molecule has 0 aromatic heterocycles. The van der Waals surface area contributed by atoms with E-state index in [9.17, 15) is 0 Å². The van der Waals surface area contributed by atoms with Gasteiger partial charge in [0.1, 0.15) is 0 Å². The van der Waals surface area contributed by atoms with E-state index < -0.39 is 60.4 Å². The number of hydrogen-bond acceptors (Lipinski definition) is 7. The molecule has 71 heavy (non-hydrogen) atoms. The van der Waals surface area contributed by atoms with Crippen molar-refractivity contribution in [2.24, 2.45) is 0 Å². The second kappa shape index (κ2) is 22.8.